The van der Waals surface area contributed by atoms with E-state index in [-0.39, 0.29) is 28.1 Å². The zero-order valence-electron chi connectivity index (χ0n) is 7.37. The maximum absolute atomic E-state index is 11.0. The number of halogens is 3. The molecule has 0 radical (unpaired) electrons. The van der Waals surface area contributed by atoms with Gasteiger partial charge in [-0.25, -0.2) is 0 Å². The minimum absolute atomic E-state index is 0. The highest BCUT2D eigenvalue weighted by molar-refractivity contribution is 4.23. The van der Waals surface area contributed by atoms with Gasteiger partial charge in [-0.1, -0.05) is 28.2 Å². The van der Waals surface area contributed by atoms with Crippen molar-refractivity contribution in [1.82, 2.24) is 0 Å². The molecule has 4 heteroatoms. The largest absolute Gasteiger partial charge is 0.255 e. The molecule has 0 bridgehead atoms. The summed E-state index contributed by atoms with van der Waals surface area (Å²) in [5.41, 5.74) is 0. The van der Waals surface area contributed by atoms with Crippen LogP contribution >= 0.6 is 0 Å². The third-order valence-electron chi connectivity index (χ3n) is 0.596. The third kappa shape index (κ3) is 148. The molecule has 0 atom stereocenters. The van der Waals surface area contributed by atoms with Crippen LogP contribution in [-0.2, 0) is 4.94 Å². The van der Waals surface area contributed by atoms with E-state index in [0.29, 0.717) is 7.18 Å². The van der Waals surface area contributed by atoms with E-state index in [1.165, 1.54) is 0 Å². The Morgan fingerprint density at radius 2 is 1.38 bits per heavy atom. The van der Waals surface area contributed by atoms with E-state index in [4.69, 9.17) is 0 Å². The second kappa shape index (κ2) is 60.2. The summed E-state index contributed by atoms with van der Waals surface area (Å²) < 4.78 is 30.7. The summed E-state index contributed by atoms with van der Waals surface area (Å²) in [6, 6.07) is 0. The molecule has 0 aromatic carbocycles. The maximum atomic E-state index is 11.0. The summed E-state index contributed by atoms with van der Waals surface area (Å²) in [5, 5.41) is 0. The Morgan fingerprint density at radius 1 is 1.08 bits per heavy atom. The second-order valence-corrected chi connectivity index (χ2v) is 1.44. The second-order valence-electron chi connectivity index (χ2n) is 1.44. The van der Waals surface area contributed by atoms with Gasteiger partial charge in [-0.15, -0.1) is 0 Å². The fraction of sp³-hybridized carbons (Fsp3) is 1.00. The van der Waals surface area contributed by atoms with Crippen molar-refractivity contribution in [3.63, 3.8) is 0 Å². The number of rotatable bonds is 3. The first kappa shape index (κ1) is 29.3. The lowest BCUT2D eigenvalue weighted by Gasteiger charge is -1.76. The third-order valence-corrected chi connectivity index (χ3v) is 0.596. The van der Waals surface area contributed by atoms with Crippen molar-refractivity contribution < 1.29 is 18.2 Å². The standard InChI is InChI=1S/C4H9F.C2H5FO.CH3F.2CH4/c1-2-3-4-5;1-2-4-3;1-2;;/h2-4H2,1H3;2H2,1H3;1H3;2*1H4. The maximum Gasteiger partial charge on any atom is 0.0894 e. The van der Waals surface area contributed by atoms with Gasteiger partial charge in [0.1, 0.15) is 0 Å². The van der Waals surface area contributed by atoms with Crippen LogP contribution in [0.25, 0.3) is 0 Å². The molecule has 0 heterocycles. The fourth-order valence-electron chi connectivity index (χ4n) is 0.134. The summed E-state index contributed by atoms with van der Waals surface area (Å²) in [5.74, 6) is 0. The Bertz CT molecular complexity index is 34.0. The zero-order valence-corrected chi connectivity index (χ0v) is 7.37. The molecule has 13 heavy (non-hydrogen) atoms. The van der Waals surface area contributed by atoms with Crippen LogP contribution in [0.5, 0.6) is 0 Å². The lowest BCUT2D eigenvalue weighted by atomic mass is 10.4. The van der Waals surface area contributed by atoms with Crippen LogP contribution in [0.4, 0.5) is 13.3 Å². The van der Waals surface area contributed by atoms with Crippen LogP contribution < -0.4 is 0 Å². The van der Waals surface area contributed by atoms with Crippen molar-refractivity contribution in [1.29, 1.82) is 0 Å². The Kier molecular flexibility index (Phi) is 136. The Morgan fingerprint density at radius 3 is 1.38 bits per heavy atom. The molecule has 0 spiro atoms. The van der Waals surface area contributed by atoms with Gasteiger partial charge in [0.15, 0.2) is 0 Å². The van der Waals surface area contributed by atoms with Gasteiger partial charge in [0, 0.05) is 0 Å². The van der Waals surface area contributed by atoms with Crippen LogP contribution in [-0.4, -0.2) is 20.5 Å². The van der Waals surface area contributed by atoms with E-state index in [0.717, 1.165) is 12.8 Å². The quantitative estimate of drug-likeness (QED) is 0.659. The molecule has 0 rings (SSSR count). The Hall–Kier alpha value is -0.250. The molecule has 0 fully saturated rings. The normalized spacial score (nSPS) is 6.00. The van der Waals surface area contributed by atoms with Gasteiger partial charge in [-0.3, -0.25) is 8.78 Å². The summed E-state index contributed by atoms with van der Waals surface area (Å²) in [6.07, 6.45) is 1.69. The van der Waals surface area contributed by atoms with Crippen molar-refractivity contribution in [2.45, 2.75) is 41.5 Å². The fourth-order valence-corrected chi connectivity index (χ4v) is 0.134. The van der Waals surface area contributed by atoms with Crippen LogP contribution in [0.2, 0.25) is 0 Å². The monoisotopic (exact) mass is 206 g/mol. The number of unbranched alkanes of at least 4 members (excludes halogenated alkanes) is 1. The van der Waals surface area contributed by atoms with Gasteiger partial charge in [0.2, 0.25) is 0 Å². The van der Waals surface area contributed by atoms with Crippen molar-refractivity contribution in [3.8, 4) is 0 Å². The first-order chi connectivity index (χ1) is 5.33. The molecule has 0 unspecified atom stereocenters. The van der Waals surface area contributed by atoms with Crippen molar-refractivity contribution in [3.05, 3.63) is 0 Å². The molecule has 0 amide bonds. The average Bonchev–Trinajstić information content (AvgIpc) is 2.10. The zero-order chi connectivity index (χ0) is 9.54. The molecule has 0 aromatic heterocycles. The SMILES string of the molecule is C.C.CCCCF.CCOF.CF. The average molecular weight is 206 g/mol. The first-order valence-corrected chi connectivity index (χ1v) is 3.50. The lowest BCUT2D eigenvalue weighted by molar-refractivity contribution is -0.125. The number of hydrogen-bond donors (Lipinski definition) is 0. The molecule has 1 nitrogen and oxygen atoms in total. The predicted octanol–water partition coefficient (Wildman–Crippen LogP) is 4.52. The molecule has 0 saturated carbocycles. The van der Waals surface area contributed by atoms with E-state index >= 15 is 0 Å². The van der Waals surface area contributed by atoms with Crippen LogP contribution in [0.1, 0.15) is 41.5 Å². The molecule has 0 saturated heterocycles. The summed E-state index contributed by atoms with van der Waals surface area (Å²) in [4.78, 5) is 3.04. The van der Waals surface area contributed by atoms with E-state index < -0.39 is 0 Å². The number of hydrogen-bond acceptors (Lipinski definition) is 1. The summed E-state index contributed by atoms with van der Waals surface area (Å²) in [6.45, 7) is 3.55. The van der Waals surface area contributed by atoms with Crippen molar-refractivity contribution >= 4 is 0 Å². The van der Waals surface area contributed by atoms with Crippen LogP contribution in [0, 0.1) is 0 Å². The molecule has 0 aliphatic carbocycles. The van der Waals surface area contributed by atoms with Crippen molar-refractivity contribution in [2.75, 3.05) is 20.5 Å². The van der Waals surface area contributed by atoms with E-state index in [1.54, 1.807) is 6.92 Å². The summed E-state index contributed by atoms with van der Waals surface area (Å²) in [7, 11) is 0.500. The van der Waals surface area contributed by atoms with Gasteiger partial charge in [0.05, 0.1) is 20.5 Å². The Balaban J connectivity index is -0.0000000246. The topological polar surface area (TPSA) is 9.23 Å². The van der Waals surface area contributed by atoms with E-state index in [2.05, 4.69) is 4.94 Å². The Labute approximate surface area is 81.2 Å². The van der Waals surface area contributed by atoms with E-state index in [9.17, 15) is 13.3 Å². The molecular weight excluding hydrogens is 181 g/mol. The lowest BCUT2D eigenvalue weighted by Crippen LogP contribution is -1.67. The molecule has 88 valence electrons. The molecule has 0 aliphatic heterocycles. The van der Waals surface area contributed by atoms with Gasteiger partial charge in [0.25, 0.3) is 0 Å². The molecule has 0 N–H and O–H groups in total. The highest BCUT2D eigenvalue weighted by Gasteiger charge is 1.71. The molecule has 0 aromatic rings. The predicted molar refractivity (Wildman–Crippen MR) is 54.1 cm³/mol. The number of alkyl halides is 2. The van der Waals surface area contributed by atoms with Gasteiger partial charge < -0.3 is 0 Å². The molecular formula is C9H25F3O. The first-order valence-electron chi connectivity index (χ1n) is 3.50. The highest BCUT2D eigenvalue weighted by atomic mass is 19.3. The van der Waals surface area contributed by atoms with Crippen LogP contribution in [0.3, 0.4) is 0 Å². The minimum atomic E-state index is -0.156. The minimum Gasteiger partial charge on any atom is -0.255 e. The highest BCUT2D eigenvalue weighted by Crippen LogP contribution is 1.83. The molecule has 0 aliphatic rings. The van der Waals surface area contributed by atoms with Crippen molar-refractivity contribution in [2.24, 2.45) is 0 Å². The van der Waals surface area contributed by atoms with Gasteiger partial charge in [-0.05, 0) is 17.9 Å². The van der Waals surface area contributed by atoms with Gasteiger partial charge >= 0.3 is 0 Å². The van der Waals surface area contributed by atoms with Gasteiger partial charge in [-0.2, -0.15) is 4.94 Å². The van der Waals surface area contributed by atoms with E-state index in [1.807, 2.05) is 6.92 Å². The summed E-state index contributed by atoms with van der Waals surface area (Å²) >= 11 is 0. The van der Waals surface area contributed by atoms with Crippen LogP contribution in [0.15, 0.2) is 0 Å². The smallest absolute Gasteiger partial charge is 0.0894 e.